The summed E-state index contributed by atoms with van der Waals surface area (Å²) >= 11 is 2.42. The van der Waals surface area contributed by atoms with E-state index < -0.39 is 0 Å². The Hall–Kier alpha value is -0.0600. The topological polar surface area (TPSA) is 28.7 Å². The Morgan fingerprint density at radius 1 is 1.05 bits per heavy atom. The summed E-state index contributed by atoms with van der Waals surface area (Å²) in [7, 11) is 0. The van der Waals surface area contributed by atoms with Crippen LogP contribution in [0.4, 0.5) is 0 Å². The van der Waals surface area contributed by atoms with Gasteiger partial charge in [-0.3, -0.25) is 5.10 Å². The second-order valence-electron chi connectivity index (χ2n) is 5.92. The van der Waals surface area contributed by atoms with Gasteiger partial charge in [0.15, 0.2) is 0 Å². The quantitative estimate of drug-likeness (QED) is 0.404. The number of halogens is 1. The van der Waals surface area contributed by atoms with E-state index in [1.807, 2.05) is 6.20 Å². The molecule has 0 aliphatic rings. The van der Waals surface area contributed by atoms with E-state index in [9.17, 15) is 0 Å². The summed E-state index contributed by atoms with van der Waals surface area (Å²) in [6.45, 7) is 6.97. The van der Waals surface area contributed by atoms with Crippen LogP contribution < -0.4 is 0 Å². The average molecular weight is 376 g/mol. The SMILES string of the molecule is CCCCCCC(C)(CCCCC)c1[nH]ncc1I. The van der Waals surface area contributed by atoms with Crippen molar-refractivity contribution in [2.45, 2.75) is 84.0 Å². The van der Waals surface area contributed by atoms with E-state index in [4.69, 9.17) is 0 Å². The third kappa shape index (κ3) is 5.44. The molecule has 19 heavy (non-hydrogen) atoms. The highest BCUT2D eigenvalue weighted by Crippen LogP contribution is 2.36. The molecule has 3 heteroatoms. The van der Waals surface area contributed by atoms with Crippen LogP contribution in [0.3, 0.4) is 0 Å². The van der Waals surface area contributed by atoms with Crippen LogP contribution in [0.25, 0.3) is 0 Å². The predicted octanol–water partition coefficient (Wildman–Crippen LogP) is 5.82. The van der Waals surface area contributed by atoms with Gasteiger partial charge in [-0.25, -0.2) is 0 Å². The van der Waals surface area contributed by atoms with Gasteiger partial charge >= 0.3 is 0 Å². The van der Waals surface area contributed by atoms with Crippen molar-refractivity contribution in [3.05, 3.63) is 15.5 Å². The molecule has 0 aliphatic heterocycles. The lowest BCUT2D eigenvalue weighted by Gasteiger charge is -2.29. The fraction of sp³-hybridized carbons (Fsp3) is 0.812. The number of H-pyrrole nitrogens is 1. The maximum absolute atomic E-state index is 4.23. The van der Waals surface area contributed by atoms with E-state index in [1.54, 1.807) is 0 Å². The highest BCUT2D eigenvalue weighted by molar-refractivity contribution is 14.1. The van der Waals surface area contributed by atoms with Crippen LogP contribution in [-0.4, -0.2) is 10.2 Å². The van der Waals surface area contributed by atoms with Gasteiger partial charge < -0.3 is 0 Å². The lowest BCUT2D eigenvalue weighted by atomic mass is 9.77. The lowest BCUT2D eigenvalue weighted by Crippen LogP contribution is -2.24. The molecule has 0 aliphatic carbocycles. The molecule has 0 spiro atoms. The number of aromatic nitrogens is 2. The van der Waals surface area contributed by atoms with Crippen molar-refractivity contribution in [2.75, 3.05) is 0 Å². The maximum atomic E-state index is 4.23. The molecule has 0 aromatic carbocycles. The average Bonchev–Trinajstić information content (AvgIpc) is 2.82. The van der Waals surface area contributed by atoms with Crippen LogP contribution >= 0.6 is 22.6 Å². The predicted molar refractivity (Wildman–Crippen MR) is 91.6 cm³/mol. The summed E-state index contributed by atoms with van der Waals surface area (Å²) in [5.74, 6) is 0. The first-order valence-corrected chi connectivity index (χ1v) is 8.91. The summed E-state index contributed by atoms with van der Waals surface area (Å²) < 4.78 is 1.30. The molecular formula is C16H29IN2. The Morgan fingerprint density at radius 2 is 1.63 bits per heavy atom. The molecular weight excluding hydrogens is 347 g/mol. The Morgan fingerprint density at radius 3 is 2.16 bits per heavy atom. The van der Waals surface area contributed by atoms with Crippen molar-refractivity contribution in [1.29, 1.82) is 0 Å². The number of hydrogen-bond donors (Lipinski definition) is 1. The van der Waals surface area contributed by atoms with E-state index in [2.05, 4.69) is 53.6 Å². The molecule has 1 heterocycles. The Labute approximate surface area is 132 Å². The second kappa shape index (κ2) is 8.98. The summed E-state index contributed by atoms with van der Waals surface area (Å²) in [6, 6.07) is 0. The van der Waals surface area contributed by atoms with Crippen LogP contribution in [0.15, 0.2) is 6.20 Å². The minimum absolute atomic E-state index is 0.288. The third-order valence-electron chi connectivity index (χ3n) is 4.11. The van der Waals surface area contributed by atoms with Gasteiger partial charge in [0, 0.05) is 5.41 Å². The van der Waals surface area contributed by atoms with E-state index in [-0.39, 0.29) is 5.41 Å². The molecule has 0 bridgehead atoms. The standard InChI is InChI=1S/C16H29IN2/c1-4-6-8-10-12-16(3,11-9-7-5-2)15-14(17)13-18-19-15/h13H,4-12H2,1-3H3,(H,18,19). The first-order valence-electron chi connectivity index (χ1n) is 7.83. The minimum Gasteiger partial charge on any atom is -0.281 e. The van der Waals surface area contributed by atoms with Gasteiger partial charge in [0.2, 0.25) is 0 Å². The van der Waals surface area contributed by atoms with Gasteiger partial charge in [-0.2, -0.15) is 5.10 Å². The molecule has 2 nitrogen and oxygen atoms in total. The number of unbranched alkanes of at least 4 members (excludes halogenated alkanes) is 5. The van der Waals surface area contributed by atoms with E-state index >= 15 is 0 Å². The van der Waals surface area contributed by atoms with Crippen molar-refractivity contribution in [3.8, 4) is 0 Å². The normalized spacial score (nSPS) is 14.5. The molecule has 1 N–H and O–H groups in total. The molecule has 0 amide bonds. The van der Waals surface area contributed by atoms with Crippen molar-refractivity contribution in [3.63, 3.8) is 0 Å². The first-order chi connectivity index (χ1) is 9.14. The third-order valence-corrected chi connectivity index (χ3v) is 4.93. The number of aromatic amines is 1. The zero-order valence-electron chi connectivity index (χ0n) is 12.8. The number of nitrogens with zero attached hydrogens (tertiary/aromatic N) is 1. The lowest BCUT2D eigenvalue weighted by molar-refractivity contribution is 0.355. The first kappa shape index (κ1) is 17.0. The molecule has 1 atom stereocenters. The van der Waals surface area contributed by atoms with Gasteiger partial charge in [-0.15, -0.1) is 0 Å². The van der Waals surface area contributed by atoms with E-state index in [0.29, 0.717) is 0 Å². The molecule has 0 saturated carbocycles. The van der Waals surface area contributed by atoms with Crippen LogP contribution in [-0.2, 0) is 5.41 Å². The summed E-state index contributed by atoms with van der Waals surface area (Å²) in [4.78, 5) is 0. The van der Waals surface area contributed by atoms with Crippen molar-refractivity contribution >= 4 is 22.6 Å². The van der Waals surface area contributed by atoms with Crippen LogP contribution in [0.1, 0.15) is 84.3 Å². The zero-order chi connectivity index (χ0) is 14.1. The monoisotopic (exact) mass is 376 g/mol. The Balaban J connectivity index is 2.64. The minimum atomic E-state index is 0.288. The van der Waals surface area contributed by atoms with Gasteiger partial charge in [0.05, 0.1) is 15.5 Å². The molecule has 0 saturated heterocycles. The highest BCUT2D eigenvalue weighted by atomic mass is 127. The summed E-state index contributed by atoms with van der Waals surface area (Å²) in [6.07, 6.45) is 13.9. The van der Waals surface area contributed by atoms with E-state index in [1.165, 1.54) is 67.1 Å². The van der Waals surface area contributed by atoms with Crippen LogP contribution in [0.2, 0.25) is 0 Å². The molecule has 0 fully saturated rings. The van der Waals surface area contributed by atoms with Gasteiger partial charge in [0.25, 0.3) is 0 Å². The number of nitrogens with one attached hydrogen (secondary N) is 1. The van der Waals surface area contributed by atoms with Crippen molar-refractivity contribution in [2.24, 2.45) is 0 Å². The number of rotatable bonds is 10. The van der Waals surface area contributed by atoms with Gasteiger partial charge in [-0.05, 0) is 35.4 Å². The molecule has 1 aromatic rings. The Kier molecular flexibility index (Phi) is 8.03. The number of hydrogen-bond acceptors (Lipinski definition) is 1. The van der Waals surface area contributed by atoms with E-state index in [0.717, 1.165) is 0 Å². The molecule has 1 aromatic heterocycles. The summed E-state index contributed by atoms with van der Waals surface area (Å²) in [5.41, 5.74) is 1.65. The van der Waals surface area contributed by atoms with Crippen LogP contribution in [0, 0.1) is 3.57 Å². The smallest absolute Gasteiger partial charge is 0.0624 e. The summed E-state index contributed by atoms with van der Waals surface area (Å²) in [5, 5.41) is 7.48. The Bertz CT molecular complexity index is 348. The van der Waals surface area contributed by atoms with Gasteiger partial charge in [-0.1, -0.05) is 65.7 Å². The zero-order valence-corrected chi connectivity index (χ0v) is 14.9. The fourth-order valence-electron chi connectivity index (χ4n) is 2.78. The van der Waals surface area contributed by atoms with Crippen molar-refractivity contribution in [1.82, 2.24) is 10.2 Å². The molecule has 1 rings (SSSR count). The van der Waals surface area contributed by atoms with Crippen molar-refractivity contribution < 1.29 is 0 Å². The fourth-order valence-corrected chi connectivity index (χ4v) is 3.69. The maximum Gasteiger partial charge on any atom is 0.0624 e. The van der Waals surface area contributed by atoms with Gasteiger partial charge in [0.1, 0.15) is 0 Å². The highest BCUT2D eigenvalue weighted by Gasteiger charge is 2.29. The second-order valence-corrected chi connectivity index (χ2v) is 7.08. The van der Waals surface area contributed by atoms with Crippen LogP contribution in [0.5, 0.6) is 0 Å². The molecule has 0 radical (unpaired) electrons. The molecule has 110 valence electrons. The largest absolute Gasteiger partial charge is 0.281 e. The molecule has 1 unspecified atom stereocenters.